The van der Waals surface area contributed by atoms with E-state index in [1.165, 1.54) is 16.7 Å². The summed E-state index contributed by atoms with van der Waals surface area (Å²) in [5.41, 5.74) is 8.06. The minimum atomic E-state index is 0.234. The number of halogens is 1. The first-order chi connectivity index (χ1) is 15.6. The molecule has 32 heavy (non-hydrogen) atoms. The average Bonchev–Trinajstić information content (AvgIpc) is 2.82. The second-order valence-corrected chi connectivity index (χ2v) is 8.81. The number of anilines is 2. The van der Waals surface area contributed by atoms with Crippen molar-refractivity contribution in [3.63, 3.8) is 0 Å². The predicted octanol–water partition coefficient (Wildman–Crippen LogP) is 7.82. The van der Waals surface area contributed by atoms with Gasteiger partial charge in [0.05, 0.1) is 11.4 Å². The summed E-state index contributed by atoms with van der Waals surface area (Å²) in [6.07, 6.45) is 14.2. The van der Waals surface area contributed by atoms with Gasteiger partial charge in [-0.25, -0.2) is 0 Å². The van der Waals surface area contributed by atoms with Crippen molar-refractivity contribution in [2.75, 3.05) is 10.2 Å². The molecule has 3 nitrogen and oxygen atoms in total. The third-order valence-corrected chi connectivity index (χ3v) is 6.20. The van der Waals surface area contributed by atoms with Crippen LogP contribution in [0.2, 0.25) is 0 Å². The first kappa shape index (κ1) is 22.1. The highest BCUT2D eigenvalue weighted by Gasteiger charge is 2.26. The second kappa shape index (κ2) is 10.0. The third kappa shape index (κ3) is 4.86. The molecule has 1 heterocycles. The molecule has 1 aliphatic heterocycles. The zero-order valence-electron chi connectivity index (χ0n) is 18.6. The first-order valence-electron chi connectivity index (χ1n) is 11.0. The molecule has 0 amide bonds. The summed E-state index contributed by atoms with van der Waals surface area (Å²) < 4.78 is 1.07. The van der Waals surface area contributed by atoms with Gasteiger partial charge in [0.15, 0.2) is 0 Å². The van der Waals surface area contributed by atoms with Gasteiger partial charge in [-0.15, -0.1) is 0 Å². The molecule has 0 aromatic heterocycles. The van der Waals surface area contributed by atoms with E-state index in [-0.39, 0.29) is 5.92 Å². The van der Waals surface area contributed by atoms with Gasteiger partial charge in [0, 0.05) is 40.4 Å². The molecule has 0 spiro atoms. The SMILES string of the molecule is C=CN(/C=C/C)c1cccc(NC2=CC(Br)=C[C@H]3CC(c4cccc(CC)c4)=CN=C23)c1. The molecule has 2 aromatic carbocycles. The molecule has 0 saturated heterocycles. The average molecular weight is 486 g/mol. The molecular weight excluding hydrogens is 458 g/mol. The molecular formula is C28H28BrN3. The minimum absolute atomic E-state index is 0.234. The van der Waals surface area contributed by atoms with Crippen molar-refractivity contribution < 1.29 is 0 Å². The third-order valence-electron chi connectivity index (χ3n) is 5.70. The van der Waals surface area contributed by atoms with Crippen molar-refractivity contribution in [3.05, 3.63) is 113 Å². The van der Waals surface area contributed by atoms with E-state index < -0.39 is 0 Å². The monoisotopic (exact) mass is 485 g/mol. The Morgan fingerprint density at radius 3 is 2.84 bits per heavy atom. The lowest BCUT2D eigenvalue weighted by atomic mass is 9.85. The van der Waals surface area contributed by atoms with E-state index >= 15 is 0 Å². The maximum atomic E-state index is 4.90. The van der Waals surface area contributed by atoms with Crippen LogP contribution < -0.4 is 10.2 Å². The van der Waals surface area contributed by atoms with Gasteiger partial charge in [-0.2, -0.15) is 0 Å². The zero-order chi connectivity index (χ0) is 22.5. The van der Waals surface area contributed by atoms with Gasteiger partial charge in [0.1, 0.15) is 0 Å². The molecule has 2 aliphatic rings. The lowest BCUT2D eigenvalue weighted by Crippen LogP contribution is -2.25. The Morgan fingerprint density at radius 1 is 1.22 bits per heavy atom. The summed E-state index contributed by atoms with van der Waals surface area (Å²) in [5.74, 6) is 0.234. The maximum absolute atomic E-state index is 4.90. The molecule has 1 atom stereocenters. The van der Waals surface area contributed by atoms with Gasteiger partial charge < -0.3 is 10.2 Å². The number of hydrogen-bond acceptors (Lipinski definition) is 3. The fourth-order valence-corrected chi connectivity index (χ4v) is 4.63. The summed E-state index contributed by atoms with van der Waals surface area (Å²) in [5, 5.41) is 3.59. The Morgan fingerprint density at radius 2 is 2.06 bits per heavy atom. The molecule has 162 valence electrons. The van der Waals surface area contributed by atoms with Gasteiger partial charge in [-0.3, -0.25) is 4.99 Å². The highest BCUT2D eigenvalue weighted by atomic mass is 79.9. The van der Waals surface area contributed by atoms with Crippen molar-refractivity contribution in [2.45, 2.75) is 26.7 Å². The molecule has 0 bridgehead atoms. The lowest BCUT2D eigenvalue weighted by Gasteiger charge is -2.27. The van der Waals surface area contributed by atoms with E-state index in [2.05, 4.69) is 89.4 Å². The Hall–Kier alpha value is -3.11. The van der Waals surface area contributed by atoms with E-state index in [0.717, 1.165) is 40.1 Å². The number of allylic oxidation sites excluding steroid dienone is 6. The molecule has 0 fully saturated rings. The summed E-state index contributed by atoms with van der Waals surface area (Å²) >= 11 is 3.71. The standard InChI is InChI=1S/C28H28BrN3/c1-4-13-32(6-3)26-12-8-11-25(18-26)31-27-17-24(29)16-22-15-23(19-30-28(22)27)21-10-7-9-20(5-2)14-21/h4,6-14,16-19,22,31H,3,5,15H2,1-2H3/b13-4+/t22-/m1/s1. The van der Waals surface area contributed by atoms with Crippen molar-refractivity contribution in [1.82, 2.24) is 0 Å². The van der Waals surface area contributed by atoms with E-state index in [0.29, 0.717) is 0 Å². The number of rotatable bonds is 7. The number of aryl methyl sites for hydroxylation is 1. The number of nitrogens with zero attached hydrogens (tertiary/aromatic N) is 2. The summed E-state index contributed by atoms with van der Waals surface area (Å²) in [4.78, 5) is 6.90. The molecule has 0 saturated carbocycles. The second-order valence-electron chi connectivity index (χ2n) is 7.89. The lowest BCUT2D eigenvalue weighted by molar-refractivity contribution is 0.868. The van der Waals surface area contributed by atoms with Crippen LogP contribution in [-0.4, -0.2) is 5.71 Å². The van der Waals surface area contributed by atoms with Crippen molar-refractivity contribution in [1.29, 1.82) is 0 Å². The van der Waals surface area contributed by atoms with Gasteiger partial charge in [0.25, 0.3) is 0 Å². The summed E-state index contributed by atoms with van der Waals surface area (Å²) in [7, 11) is 0. The van der Waals surface area contributed by atoms with Crippen molar-refractivity contribution in [3.8, 4) is 0 Å². The molecule has 0 unspecified atom stereocenters. The van der Waals surface area contributed by atoms with Crippen LogP contribution in [-0.2, 0) is 6.42 Å². The predicted molar refractivity (Wildman–Crippen MR) is 142 cm³/mol. The number of nitrogens with one attached hydrogen (secondary N) is 1. The molecule has 1 aliphatic carbocycles. The Bertz CT molecular complexity index is 1170. The number of hydrogen-bond donors (Lipinski definition) is 1. The Balaban J connectivity index is 1.62. The van der Waals surface area contributed by atoms with E-state index in [1.807, 2.05) is 36.4 Å². The summed E-state index contributed by atoms with van der Waals surface area (Å²) in [6.45, 7) is 8.10. The molecule has 4 heteroatoms. The number of benzene rings is 2. The van der Waals surface area contributed by atoms with Crippen LogP contribution in [0, 0.1) is 5.92 Å². The quantitative estimate of drug-likeness (QED) is 0.432. The highest BCUT2D eigenvalue weighted by Crippen LogP contribution is 2.36. The van der Waals surface area contributed by atoms with Crippen LogP contribution in [0.15, 0.2) is 107 Å². The van der Waals surface area contributed by atoms with E-state index in [4.69, 9.17) is 4.99 Å². The first-order valence-corrected chi connectivity index (χ1v) is 11.8. The van der Waals surface area contributed by atoms with E-state index in [9.17, 15) is 0 Å². The Labute approximate surface area is 199 Å². The van der Waals surface area contributed by atoms with Crippen LogP contribution in [0.25, 0.3) is 5.57 Å². The van der Waals surface area contributed by atoms with Crippen LogP contribution in [0.3, 0.4) is 0 Å². The topological polar surface area (TPSA) is 27.6 Å². The van der Waals surface area contributed by atoms with Crippen LogP contribution in [0.5, 0.6) is 0 Å². The van der Waals surface area contributed by atoms with Crippen molar-refractivity contribution in [2.24, 2.45) is 10.9 Å². The minimum Gasteiger partial charge on any atom is -0.354 e. The molecule has 4 rings (SSSR count). The highest BCUT2D eigenvalue weighted by molar-refractivity contribution is 9.11. The van der Waals surface area contributed by atoms with Gasteiger partial charge >= 0.3 is 0 Å². The number of aliphatic imine (C=N–C) groups is 1. The fraction of sp³-hybridized carbons (Fsp3) is 0.179. The van der Waals surface area contributed by atoms with Crippen LogP contribution >= 0.6 is 15.9 Å². The van der Waals surface area contributed by atoms with Gasteiger partial charge in [-0.05, 0) is 60.7 Å². The van der Waals surface area contributed by atoms with Gasteiger partial charge in [0.2, 0.25) is 0 Å². The number of fused-ring (bicyclic) bond motifs is 1. The van der Waals surface area contributed by atoms with Crippen LogP contribution in [0.4, 0.5) is 11.4 Å². The maximum Gasteiger partial charge on any atom is 0.0710 e. The largest absolute Gasteiger partial charge is 0.354 e. The van der Waals surface area contributed by atoms with E-state index in [1.54, 1.807) is 6.20 Å². The molecule has 1 N–H and O–H groups in total. The Kier molecular flexibility index (Phi) is 6.91. The smallest absolute Gasteiger partial charge is 0.0710 e. The van der Waals surface area contributed by atoms with Gasteiger partial charge in [-0.1, -0.05) is 71.9 Å². The fourth-order valence-electron chi connectivity index (χ4n) is 4.08. The molecule has 2 aromatic rings. The van der Waals surface area contributed by atoms with Crippen LogP contribution in [0.1, 0.15) is 31.4 Å². The molecule has 0 radical (unpaired) electrons. The zero-order valence-corrected chi connectivity index (χ0v) is 20.1. The summed E-state index contributed by atoms with van der Waals surface area (Å²) in [6, 6.07) is 17.1. The normalized spacial score (nSPS) is 17.7. The van der Waals surface area contributed by atoms with Crippen molar-refractivity contribution >= 4 is 38.6 Å².